The number of hydrogen-bond acceptors (Lipinski definition) is 6. The van der Waals surface area contributed by atoms with Gasteiger partial charge in [-0.1, -0.05) is 23.4 Å². The van der Waals surface area contributed by atoms with Gasteiger partial charge in [0.1, 0.15) is 5.69 Å². The molecular formula is C24H22N6O. The molecule has 2 aromatic carbocycles. The number of benzene rings is 2. The molecule has 0 aliphatic heterocycles. The summed E-state index contributed by atoms with van der Waals surface area (Å²) >= 11 is 0. The maximum absolute atomic E-state index is 5.20. The Morgan fingerprint density at radius 1 is 0.968 bits per heavy atom. The molecule has 0 atom stereocenters. The van der Waals surface area contributed by atoms with E-state index in [4.69, 9.17) is 4.52 Å². The maximum Gasteiger partial charge on any atom is 0.276 e. The zero-order chi connectivity index (χ0) is 21.0. The van der Waals surface area contributed by atoms with Crippen molar-refractivity contribution in [3.63, 3.8) is 0 Å². The monoisotopic (exact) mass is 410 g/mol. The van der Waals surface area contributed by atoms with Crippen LogP contribution in [0.25, 0.3) is 22.5 Å². The molecular weight excluding hydrogens is 388 g/mol. The average Bonchev–Trinajstić information content (AvgIpc) is 3.42. The lowest BCUT2D eigenvalue weighted by Gasteiger charge is -2.10. The Morgan fingerprint density at radius 2 is 1.81 bits per heavy atom. The number of fused-ring (bicyclic) bond motifs is 1. The van der Waals surface area contributed by atoms with Crippen molar-refractivity contribution in [3.05, 3.63) is 84.4 Å². The predicted molar refractivity (Wildman–Crippen MR) is 122 cm³/mol. The van der Waals surface area contributed by atoms with Crippen LogP contribution >= 0.6 is 0 Å². The van der Waals surface area contributed by atoms with Gasteiger partial charge < -0.3 is 20.1 Å². The highest BCUT2D eigenvalue weighted by Gasteiger charge is 2.08. The van der Waals surface area contributed by atoms with Crippen molar-refractivity contribution in [1.29, 1.82) is 0 Å². The number of aromatic nitrogens is 4. The summed E-state index contributed by atoms with van der Waals surface area (Å²) < 4.78 is 5.20. The molecule has 0 amide bonds. The number of hydrogen-bond donors (Lipinski definition) is 3. The predicted octanol–water partition coefficient (Wildman–Crippen LogP) is 5.32. The second-order valence-electron chi connectivity index (χ2n) is 7.32. The molecule has 3 heterocycles. The van der Waals surface area contributed by atoms with Crippen LogP contribution in [0.5, 0.6) is 0 Å². The van der Waals surface area contributed by atoms with Crippen molar-refractivity contribution in [2.24, 2.45) is 0 Å². The minimum absolute atomic E-state index is 0.413. The molecule has 0 saturated carbocycles. The number of aryl methyl sites for hydroxylation is 1. The van der Waals surface area contributed by atoms with Crippen molar-refractivity contribution >= 4 is 28.0 Å². The molecule has 0 bridgehead atoms. The van der Waals surface area contributed by atoms with Crippen LogP contribution in [0.2, 0.25) is 0 Å². The fraction of sp³-hybridized carbons (Fsp3) is 0.125. The summed E-state index contributed by atoms with van der Waals surface area (Å²) in [5.41, 5.74) is 6.12. The first-order chi connectivity index (χ1) is 15.2. The van der Waals surface area contributed by atoms with Gasteiger partial charge in [0.05, 0.1) is 0 Å². The van der Waals surface area contributed by atoms with Crippen LogP contribution in [0.3, 0.4) is 0 Å². The highest BCUT2D eigenvalue weighted by atomic mass is 16.5. The van der Waals surface area contributed by atoms with Crippen molar-refractivity contribution in [1.82, 2.24) is 20.1 Å². The molecule has 5 aromatic rings. The van der Waals surface area contributed by atoms with Gasteiger partial charge in [-0.15, -0.1) is 0 Å². The molecule has 0 aliphatic carbocycles. The van der Waals surface area contributed by atoms with E-state index >= 15 is 0 Å². The summed E-state index contributed by atoms with van der Waals surface area (Å²) in [6, 6.07) is 20.4. The standard InChI is InChI=1S/C24H22N6O/c1-16-28-24(31-30-16)23-14-20(11-13-26-23)29-19-8-6-18(7-9-19)25-12-10-17-15-27-22-5-3-2-4-21(17)22/h2-9,11,13-15,25,27H,10,12H2,1H3,(H,26,29). The molecule has 0 fully saturated rings. The van der Waals surface area contributed by atoms with Gasteiger partial charge in [-0.2, -0.15) is 4.98 Å². The smallest absolute Gasteiger partial charge is 0.276 e. The second kappa shape index (κ2) is 8.31. The highest BCUT2D eigenvalue weighted by Crippen LogP contribution is 2.23. The van der Waals surface area contributed by atoms with Gasteiger partial charge >= 0.3 is 0 Å². The highest BCUT2D eigenvalue weighted by molar-refractivity contribution is 5.83. The number of aromatic amines is 1. The first kappa shape index (κ1) is 18.9. The molecule has 0 unspecified atom stereocenters. The van der Waals surface area contributed by atoms with Crippen LogP contribution < -0.4 is 10.6 Å². The fourth-order valence-electron chi connectivity index (χ4n) is 3.54. The summed E-state index contributed by atoms with van der Waals surface area (Å²) in [5, 5.41) is 12.0. The van der Waals surface area contributed by atoms with Crippen LogP contribution in [0, 0.1) is 6.92 Å². The Kier molecular flexibility index (Phi) is 5.06. The topological polar surface area (TPSA) is 91.7 Å². The Balaban J connectivity index is 1.19. The normalized spacial score (nSPS) is 11.0. The zero-order valence-corrected chi connectivity index (χ0v) is 17.1. The van der Waals surface area contributed by atoms with Gasteiger partial charge in [-0.05, 0) is 61.4 Å². The molecule has 0 spiro atoms. The molecule has 0 aliphatic rings. The summed E-state index contributed by atoms with van der Waals surface area (Å²) in [6.45, 7) is 2.65. The number of anilines is 3. The van der Waals surface area contributed by atoms with Crippen LogP contribution in [-0.4, -0.2) is 26.7 Å². The summed E-state index contributed by atoms with van der Waals surface area (Å²) in [5.74, 6) is 0.999. The third-order valence-electron chi connectivity index (χ3n) is 5.08. The minimum atomic E-state index is 0.413. The first-order valence-corrected chi connectivity index (χ1v) is 10.2. The lowest BCUT2D eigenvalue weighted by molar-refractivity contribution is 0.424. The Hall–Kier alpha value is -4.13. The number of rotatable bonds is 7. The summed E-state index contributed by atoms with van der Waals surface area (Å²) in [7, 11) is 0. The van der Waals surface area contributed by atoms with Crippen LogP contribution in [0.4, 0.5) is 17.1 Å². The van der Waals surface area contributed by atoms with Gasteiger partial charge in [0.2, 0.25) is 0 Å². The van der Waals surface area contributed by atoms with E-state index in [1.54, 1.807) is 13.1 Å². The summed E-state index contributed by atoms with van der Waals surface area (Å²) in [4.78, 5) is 11.9. The fourth-order valence-corrected chi connectivity index (χ4v) is 3.54. The van der Waals surface area contributed by atoms with E-state index in [0.29, 0.717) is 17.4 Å². The third-order valence-corrected chi connectivity index (χ3v) is 5.08. The number of nitrogens with zero attached hydrogens (tertiary/aromatic N) is 3. The van der Waals surface area contributed by atoms with Crippen LogP contribution in [-0.2, 0) is 6.42 Å². The lowest BCUT2D eigenvalue weighted by atomic mass is 10.1. The molecule has 7 heteroatoms. The Morgan fingerprint density at radius 3 is 2.65 bits per heavy atom. The number of pyridine rings is 1. The second-order valence-corrected chi connectivity index (χ2v) is 7.32. The summed E-state index contributed by atoms with van der Waals surface area (Å²) in [6.07, 6.45) is 4.77. The Labute approximate surface area is 179 Å². The van der Waals surface area contributed by atoms with Crippen molar-refractivity contribution in [2.75, 3.05) is 17.2 Å². The van der Waals surface area contributed by atoms with Crippen molar-refractivity contribution in [3.8, 4) is 11.6 Å². The van der Waals surface area contributed by atoms with Crippen LogP contribution in [0.15, 0.2) is 77.6 Å². The van der Waals surface area contributed by atoms with E-state index in [1.165, 1.54) is 16.5 Å². The average molecular weight is 410 g/mol. The number of nitrogens with one attached hydrogen (secondary N) is 3. The van der Waals surface area contributed by atoms with Gasteiger partial charge in [-0.3, -0.25) is 4.98 Å². The van der Waals surface area contributed by atoms with E-state index in [9.17, 15) is 0 Å². The van der Waals surface area contributed by atoms with Crippen molar-refractivity contribution in [2.45, 2.75) is 13.3 Å². The van der Waals surface area contributed by atoms with Gasteiger partial charge in [0.15, 0.2) is 5.82 Å². The third kappa shape index (κ3) is 4.25. The largest absolute Gasteiger partial charge is 0.385 e. The number of para-hydroxylation sites is 1. The van der Waals surface area contributed by atoms with Gasteiger partial charge in [0.25, 0.3) is 5.89 Å². The first-order valence-electron chi connectivity index (χ1n) is 10.2. The molecule has 0 saturated heterocycles. The Bertz CT molecular complexity index is 1310. The van der Waals surface area contributed by atoms with Crippen LogP contribution in [0.1, 0.15) is 11.4 Å². The van der Waals surface area contributed by atoms with E-state index in [2.05, 4.69) is 73.3 Å². The molecule has 3 N–H and O–H groups in total. The molecule has 3 aromatic heterocycles. The minimum Gasteiger partial charge on any atom is -0.385 e. The maximum atomic E-state index is 5.20. The SMILES string of the molecule is Cc1noc(-c2cc(Nc3ccc(NCCc4c[nH]c5ccccc45)cc3)ccn2)n1. The lowest BCUT2D eigenvalue weighted by Crippen LogP contribution is -2.04. The van der Waals surface area contributed by atoms with E-state index in [0.717, 1.165) is 30.0 Å². The quantitative estimate of drug-likeness (QED) is 0.336. The number of H-pyrrole nitrogens is 1. The molecule has 5 rings (SSSR count). The molecule has 154 valence electrons. The molecule has 7 nitrogen and oxygen atoms in total. The van der Waals surface area contributed by atoms with Gasteiger partial charge in [0, 0.05) is 46.9 Å². The molecule has 31 heavy (non-hydrogen) atoms. The molecule has 0 radical (unpaired) electrons. The van der Waals surface area contributed by atoms with E-state index < -0.39 is 0 Å². The van der Waals surface area contributed by atoms with Gasteiger partial charge in [-0.25, -0.2) is 0 Å². The zero-order valence-electron chi connectivity index (χ0n) is 17.1. The van der Waals surface area contributed by atoms with Crippen molar-refractivity contribution < 1.29 is 4.52 Å². The van der Waals surface area contributed by atoms with E-state index in [-0.39, 0.29) is 0 Å². The van der Waals surface area contributed by atoms with E-state index in [1.807, 2.05) is 24.3 Å².